The van der Waals surface area contributed by atoms with Gasteiger partial charge in [0.25, 0.3) is 0 Å². The van der Waals surface area contributed by atoms with Gasteiger partial charge in [0.1, 0.15) is 0 Å². The molecule has 0 saturated heterocycles. The minimum Gasteiger partial charge on any atom is -0.298 e. The van der Waals surface area contributed by atoms with Crippen molar-refractivity contribution < 1.29 is 4.79 Å². The SMILES string of the molecule is O=Cc1nccn1-c1cccc(Cl)c1. The normalized spacial score (nSPS) is 10.1. The van der Waals surface area contributed by atoms with Gasteiger partial charge in [0.15, 0.2) is 12.1 Å². The van der Waals surface area contributed by atoms with Crippen LogP contribution in [0.15, 0.2) is 36.7 Å². The van der Waals surface area contributed by atoms with Gasteiger partial charge in [0.2, 0.25) is 0 Å². The van der Waals surface area contributed by atoms with Crippen LogP contribution in [0.4, 0.5) is 0 Å². The van der Waals surface area contributed by atoms with E-state index >= 15 is 0 Å². The van der Waals surface area contributed by atoms with E-state index in [1.54, 1.807) is 29.1 Å². The molecule has 70 valence electrons. The van der Waals surface area contributed by atoms with E-state index in [0.717, 1.165) is 5.69 Å². The number of imidazole rings is 1. The van der Waals surface area contributed by atoms with E-state index in [1.165, 1.54) is 0 Å². The Labute approximate surface area is 86.0 Å². The van der Waals surface area contributed by atoms with Crippen LogP contribution >= 0.6 is 11.6 Å². The largest absolute Gasteiger partial charge is 0.298 e. The van der Waals surface area contributed by atoms with Crippen LogP contribution in [-0.4, -0.2) is 15.8 Å². The highest BCUT2D eigenvalue weighted by Gasteiger charge is 2.02. The molecule has 3 nitrogen and oxygen atoms in total. The molecule has 0 amide bonds. The molecule has 1 aromatic heterocycles. The minimum absolute atomic E-state index is 0.368. The summed E-state index contributed by atoms with van der Waals surface area (Å²) in [6.07, 6.45) is 4.00. The lowest BCUT2D eigenvalue weighted by atomic mass is 10.3. The first-order valence-corrected chi connectivity index (χ1v) is 4.43. The summed E-state index contributed by atoms with van der Waals surface area (Å²) in [6.45, 7) is 0. The van der Waals surface area contributed by atoms with Gasteiger partial charge in [-0.05, 0) is 18.2 Å². The van der Waals surface area contributed by atoms with Gasteiger partial charge in [-0.3, -0.25) is 9.36 Å². The monoisotopic (exact) mass is 206 g/mol. The number of carbonyl (C=O) groups excluding carboxylic acids is 1. The summed E-state index contributed by atoms with van der Waals surface area (Å²) in [5, 5.41) is 0.632. The molecule has 0 spiro atoms. The number of nitrogens with zero attached hydrogens (tertiary/aromatic N) is 2. The van der Waals surface area contributed by atoms with Crippen molar-refractivity contribution in [3.05, 3.63) is 47.5 Å². The summed E-state index contributed by atoms with van der Waals surface area (Å²) >= 11 is 5.84. The molecule has 0 aliphatic carbocycles. The van der Waals surface area contributed by atoms with Gasteiger partial charge >= 0.3 is 0 Å². The fourth-order valence-corrected chi connectivity index (χ4v) is 1.43. The first-order chi connectivity index (χ1) is 6.81. The van der Waals surface area contributed by atoms with Crippen molar-refractivity contribution in [2.24, 2.45) is 0 Å². The quantitative estimate of drug-likeness (QED) is 0.707. The molecule has 0 unspecified atom stereocenters. The van der Waals surface area contributed by atoms with Gasteiger partial charge in [-0.15, -0.1) is 0 Å². The van der Waals surface area contributed by atoms with E-state index in [-0.39, 0.29) is 0 Å². The zero-order chi connectivity index (χ0) is 9.97. The number of carbonyl (C=O) groups is 1. The number of benzene rings is 1. The highest BCUT2D eigenvalue weighted by molar-refractivity contribution is 6.30. The fraction of sp³-hybridized carbons (Fsp3) is 0. The van der Waals surface area contributed by atoms with E-state index in [1.807, 2.05) is 12.1 Å². The molecule has 14 heavy (non-hydrogen) atoms. The Morgan fingerprint density at radius 2 is 2.29 bits per heavy atom. The van der Waals surface area contributed by atoms with Crippen LogP contribution in [0.3, 0.4) is 0 Å². The molecular formula is C10H7ClN2O. The second kappa shape index (κ2) is 3.64. The van der Waals surface area contributed by atoms with E-state index in [9.17, 15) is 4.79 Å². The van der Waals surface area contributed by atoms with E-state index in [2.05, 4.69) is 4.98 Å². The summed E-state index contributed by atoms with van der Waals surface area (Å²) in [7, 11) is 0. The van der Waals surface area contributed by atoms with Crippen molar-refractivity contribution in [3.8, 4) is 5.69 Å². The first kappa shape index (κ1) is 8.97. The predicted octanol–water partition coefficient (Wildman–Crippen LogP) is 2.34. The zero-order valence-electron chi connectivity index (χ0n) is 7.22. The third-order valence-corrected chi connectivity index (χ3v) is 2.10. The molecule has 0 aliphatic rings. The molecule has 2 rings (SSSR count). The average molecular weight is 207 g/mol. The summed E-state index contributed by atoms with van der Waals surface area (Å²) in [6, 6.07) is 7.24. The Hall–Kier alpha value is -1.61. The van der Waals surface area contributed by atoms with Crippen LogP contribution in [0.25, 0.3) is 5.69 Å². The Morgan fingerprint density at radius 3 is 3.00 bits per heavy atom. The fourth-order valence-electron chi connectivity index (χ4n) is 1.25. The second-order valence-corrected chi connectivity index (χ2v) is 3.19. The van der Waals surface area contributed by atoms with E-state index < -0.39 is 0 Å². The van der Waals surface area contributed by atoms with Gasteiger partial charge in [-0.1, -0.05) is 17.7 Å². The molecule has 1 aromatic carbocycles. The molecule has 4 heteroatoms. The highest BCUT2D eigenvalue weighted by atomic mass is 35.5. The molecule has 0 fully saturated rings. The van der Waals surface area contributed by atoms with Crippen molar-refractivity contribution in [1.82, 2.24) is 9.55 Å². The van der Waals surface area contributed by atoms with Gasteiger partial charge in [-0.2, -0.15) is 0 Å². The third-order valence-electron chi connectivity index (χ3n) is 1.86. The van der Waals surface area contributed by atoms with Crippen LogP contribution in [-0.2, 0) is 0 Å². The van der Waals surface area contributed by atoms with Gasteiger partial charge in [-0.25, -0.2) is 4.98 Å². The first-order valence-electron chi connectivity index (χ1n) is 4.06. The Balaban J connectivity index is 2.54. The molecule has 0 bridgehead atoms. The molecule has 0 atom stereocenters. The van der Waals surface area contributed by atoms with Crippen LogP contribution in [0.2, 0.25) is 5.02 Å². The molecule has 0 aliphatic heterocycles. The molecule has 0 N–H and O–H groups in total. The molecule has 2 aromatic rings. The van der Waals surface area contributed by atoms with Crippen molar-refractivity contribution >= 4 is 17.9 Å². The predicted molar refractivity (Wildman–Crippen MR) is 54.0 cm³/mol. The van der Waals surface area contributed by atoms with Gasteiger partial charge < -0.3 is 0 Å². The molecule has 0 saturated carbocycles. The maximum atomic E-state index is 10.6. The summed E-state index contributed by atoms with van der Waals surface area (Å²) in [5.74, 6) is 0.368. The molecule has 1 heterocycles. The maximum absolute atomic E-state index is 10.6. The average Bonchev–Trinajstić information content (AvgIpc) is 2.65. The smallest absolute Gasteiger partial charge is 0.185 e. The van der Waals surface area contributed by atoms with Crippen LogP contribution < -0.4 is 0 Å². The maximum Gasteiger partial charge on any atom is 0.185 e. The number of halogens is 1. The van der Waals surface area contributed by atoms with Crippen molar-refractivity contribution in [1.29, 1.82) is 0 Å². The summed E-state index contributed by atoms with van der Waals surface area (Å²) in [4.78, 5) is 14.5. The highest BCUT2D eigenvalue weighted by Crippen LogP contribution is 2.15. The number of aromatic nitrogens is 2. The number of hydrogen-bond donors (Lipinski definition) is 0. The van der Waals surface area contributed by atoms with Crippen LogP contribution in [0.1, 0.15) is 10.6 Å². The van der Waals surface area contributed by atoms with Crippen LogP contribution in [0.5, 0.6) is 0 Å². The lowest BCUT2D eigenvalue weighted by Crippen LogP contribution is -1.98. The number of aldehydes is 1. The van der Waals surface area contributed by atoms with Crippen molar-refractivity contribution in [2.45, 2.75) is 0 Å². The van der Waals surface area contributed by atoms with E-state index in [4.69, 9.17) is 11.6 Å². The zero-order valence-corrected chi connectivity index (χ0v) is 7.98. The Kier molecular flexibility index (Phi) is 2.33. The lowest BCUT2D eigenvalue weighted by molar-refractivity contribution is 0.111. The Bertz CT molecular complexity index is 465. The van der Waals surface area contributed by atoms with Crippen LogP contribution in [0, 0.1) is 0 Å². The lowest BCUT2D eigenvalue weighted by Gasteiger charge is -2.03. The molecular weight excluding hydrogens is 200 g/mol. The topological polar surface area (TPSA) is 34.9 Å². The van der Waals surface area contributed by atoms with Gasteiger partial charge in [0, 0.05) is 23.1 Å². The summed E-state index contributed by atoms with van der Waals surface area (Å²) in [5.41, 5.74) is 0.831. The van der Waals surface area contributed by atoms with Crippen molar-refractivity contribution in [2.75, 3.05) is 0 Å². The minimum atomic E-state index is 0.368. The molecule has 0 radical (unpaired) electrons. The standard InChI is InChI=1S/C10H7ClN2O/c11-8-2-1-3-9(6-8)13-5-4-12-10(13)7-14/h1-7H. The van der Waals surface area contributed by atoms with Crippen molar-refractivity contribution in [3.63, 3.8) is 0 Å². The summed E-state index contributed by atoms with van der Waals surface area (Å²) < 4.78 is 1.68. The number of hydrogen-bond acceptors (Lipinski definition) is 2. The Morgan fingerprint density at radius 1 is 1.43 bits per heavy atom. The van der Waals surface area contributed by atoms with E-state index in [0.29, 0.717) is 17.1 Å². The third kappa shape index (κ3) is 1.54. The second-order valence-electron chi connectivity index (χ2n) is 2.75. The number of rotatable bonds is 2. The van der Waals surface area contributed by atoms with Gasteiger partial charge in [0.05, 0.1) is 0 Å².